The first-order valence-electron chi connectivity index (χ1n) is 4.39. The van der Waals surface area contributed by atoms with E-state index in [2.05, 4.69) is 26.0 Å². The van der Waals surface area contributed by atoms with Crippen molar-refractivity contribution < 1.29 is 0 Å². The van der Waals surface area contributed by atoms with Gasteiger partial charge in [0.05, 0.1) is 0 Å². The Bertz CT molecular complexity index is 165. The maximum absolute atomic E-state index is 2.45. The third kappa shape index (κ3) is 0.624. The molecular weight excluding hydrogens is 120 g/mol. The quantitative estimate of drug-likeness (QED) is 0.486. The van der Waals surface area contributed by atoms with E-state index in [1.165, 1.54) is 19.3 Å². The van der Waals surface area contributed by atoms with Gasteiger partial charge in [0.15, 0.2) is 0 Å². The van der Waals surface area contributed by atoms with Crippen molar-refractivity contribution in [3.05, 3.63) is 12.2 Å². The van der Waals surface area contributed by atoms with Crippen LogP contribution in [0.2, 0.25) is 0 Å². The Kier molecular flexibility index (Phi) is 1.21. The lowest BCUT2D eigenvalue weighted by atomic mass is 9.61. The highest BCUT2D eigenvalue weighted by Gasteiger charge is 2.54. The standard InChI is InChI=1S/C10H16/c1-3-4-9-8-5-6-10(9,2)7-8/h3-4,8-9H,5-7H2,1-2H3/b4-3-. The van der Waals surface area contributed by atoms with Gasteiger partial charge >= 0.3 is 0 Å². The zero-order valence-electron chi connectivity index (χ0n) is 6.93. The van der Waals surface area contributed by atoms with Gasteiger partial charge in [-0.25, -0.2) is 0 Å². The van der Waals surface area contributed by atoms with E-state index in [9.17, 15) is 0 Å². The average molecular weight is 136 g/mol. The monoisotopic (exact) mass is 136 g/mol. The number of rotatable bonds is 1. The average Bonchev–Trinajstić information content (AvgIpc) is 2.39. The Labute approximate surface area is 63.3 Å². The highest BCUT2D eigenvalue weighted by atomic mass is 14.6. The third-order valence-corrected chi connectivity index (χ3v) is 3.53. The van der Waals surface area contributed by atoms with Crippen molar-refractivity contribution in [3.8, 4) is 0 Å². The maximum atomic E-state index is 2.45. The van der Waals surface area contributed by atoms with Crippen LogP contribution < -0.4 is 0 Å². The van der Waals surface area contributed by atoms with Crippen LogP contribution in [0.3, 0.4) is 0 Å². The molecule has 0 heteroatoms. The minimum Gasteiger partial charge on any atom is -0.0914 e. The van der Waals surface area contributed by atoms with Crippen molar-refractivity contribution in [1.82, 2.24) is 0 Å². The second-order valence-electron chi connectivity index (χ2n) is 4.21. The molecule has 0 aromatic carbocycles. The Morgan fingerprint density at radius 3 is 2.70 bits per heavy atom. The molecule has 0 aromatic rings. The van der Waals surface area contributed by atoms with Crippen molar-refractivity contribution in [1.29, 1.82) is 0 Å². The SMILES string of the molecule is C/C=C\C1C2CCC1(C)C2. The van der Waals surface area contributed by atoms with E-state index >= 15 is 0 Å². The van der Waals surface area contributed by atoms with Gasteiger partial charge in [0.1, 0.15) is 0 Å². The molecule has 0 N–H and O–H groups in total. The van der Waals surface area contributed by atoms with Crippen LogP contribution >= 0.6 is 0 Å². The highest BCUT2D eigenvalue weighted by molar-refractivity contribution is 5.12. The van der Waals surface area contributed by atoms with E-state index in [-0.39, 0.29) is 0 Å². The topological polar surface area (TPSA) is 0 Å². The van der Waals surface area contributed by atoms with Gasteiger partial charge in [-0.05, 0) is 43.4 Å². The first-order valence-corrected chi connectivity index (χ1v) is 4.39. The molecular formula is C10H16. The molecule has 56 valence electrons. The molecule has 0 aromatic heterocycles. The van der Waals surface area contributed by atoms with Gasteiger partial charge in [-0.1, -0.05) is 19.1 Å². The molecule has 3 aliphatic carbocycles. The molecule has 0 amide bonds. The maximum Gasteiger partial charge on any atom is -0.0151 e. The fourth-order valence-electron chi connectivity index (χ4n) is 2.93. The van der Waals surface area contributed by atoms with Crippen LogP contribution in [0, 0.1) is 17.3 Å². The van der Waals surface area contributed by atoms with Gasteiger partial charge in [-0.15, -0.1) is 0 Å². The van der Waals surface area contributed by atoms with Crippen LogP contribution in [0.5, 0.6) is 0 Å². The Balaban J connectivity index is 2.13. The van der Waals surface area contributed by atoms with E-state index in [1.54, 1.807) is 0 Å². The van der Waals surface area contributed by atoms with E-state index in [4.69, 9.17) is 0 Å². The second kappa shape index (κ2) is 1.87. The molecule has 0 aliphatic heterocycles. The lowest BCUT2D eigenvalue weighted by Gasteiger charge is -2.43. The minimum atomic E-state index is 0.719. The summed E-state index contributed by atoms with van der Waals surface area (Å²) in [7, 11) is 0. The predicted molar refractivity (Wildman–Crippen MR) is 43.8 cm³/mol. The molecule has 0 heterocycles. The lowest BCUT2D eigenvalue weighted by molar-refractivity contribution is 0.0922. The smallest absolute Gasteiger partial charge is 0.0151 e. The summed E-state index contributed by atoms with van der Waals surface area (Å²) in [5, 5.41) is 0. The van der Waals surface area contributed by atoms with Crippen LogP contribution in [-0.2, 0) is 0 Å². The molecule has 3 fully saturated rings. The van der Waals surface area contributed by atoms with Crippen LogP contribution in [0.25, 0.3) is 0 Å². The third-order valence-electron chi connectivity index (χ3n) is 3.53. The summed E-state index contributed by atoms with van der Waals surface area (Å²) >= 11 is 0. The molecule has 0 radical (unpaired) electrons. The Morgan fingerprint density at radius 2 is 2.30 bits per heavy atom. The molecule has 2 bridgehead atoms. The molecule has 10 heavy (non-hydrogen) atoms. The van der Waals surface area contributed by atoms with Crippen molar-refractivity contribution in [3.63, 3.8) is 0 Å². The molecule has 3 saturated carbocycles. The molecule has 3 unspecified atom stereocenters. The number of fused-ring (bicyclic) bond motifs is 1. The first kappa shape index (κ1) is 6.45. The molecule has 0 nitrogen and oxygen atoms in total. The van der Waals surface area contributed by atoms with Gasteiger partial charge in [-0.3, -0.25) is 0 Å². The van der Waals surface area contributed by atoms with E-state index in [0.717, 1.165) is 17.3 Å². The van der Waals surface area contributed by atoms with Crippen LogP contribution in [0.4, 0.5) is 0 Å². The summed E-state index contributed by atoms with van der Waals surface area (Å²) in [5.74, 6) is 2.00. The summed E-state index contributed by atoms with van der Waals surface area (Å²) in [6, 6.07) is 0. The van der Waals surface area contributed by atoms with Crippen molar-refractivity contribution in [2.75, 3.05) is 0 Å². The first-order chi connectivity index (χ1) is 4.76. The summed E-state index contributed by atoms with van der Waals surface area (Å²) in [6.45, 7) is 4.59. The summed E-state index contributed by atoms with van der Waals surface area (Å²) in [5.41, 5.74) is 0.719. The summed E-state index contributed by atoms with van der Waals surface area (Å²) in [4.78, 5) is 0. The summed E-state index contributed by atoms with van der Waals surface area (Å²) < 4.78 is 0. The second-order valence-corrected chi connectivity index (χ2v) is 4.21. The molecule has 3 rings (SSSR count). The van der Waals surface area contributed by atoms with E-state index in [1.807, 2.05) is 0 Å². The largest absolute Gasteiger partial charge is 0.0914 e. The van der Waals surface area contributed by atoms with Gasteiger partial charge in [0.2, 0.25) is 0 Å². The number of allylic oxidation sites excluding steroid dienone is 2. The predicted octanol–water partition coefficient (Wildman–Crippen LogP) is 3.00. The van der Waals surface area contributed by atoms with E-state index < -0.39 is 0 Å². The molecule has 0 saturated heterocycles. The number of hydrogen-bond acceptors (Lipinski definition) is 0. The molecule has 3 aliphatic rings. The van der Waals surface area contributed by atoms with Crippen molar-refractivity contribution >= 4 is 0 Å². The van der Waals surface area contributed by atoms with Crippen molar-refractivity contribution in [2.24, 2.45) is 17.3 Å². The Hall–Kier alpha value is -0.260. The van der Waals surface area contributed by atoms with Crippen molar-refractivity contribution in [2.45, 2.75) is 33.1 Å². The van der Waals surface area contributed by atoms with E-state index in [0.29, 0.717) is 0 Å². The van der Waals surface area contributed by atoms with Crippen LogP contribution in [0.15, 0.2) is 12.2 Å². The van der Waals surface area contributed by atoms with Crippen LogP contribution in [0.1, 0.15) is 33.1 Å². The lowest BCUT2D eigenvalue weighted by Crippen LogP contribution is -2.35. The Morgan fingerprint density at radius 1 is 1.50 bits per heavy atom. The molecule has 0 spiro atoms. The summed E-state index contributed by atoms with van der Waals surface area (Å²) in [6.07, 6.45) is 9.11. The number of hydrogen-bond donors (Lipinski definition) is 0. The minimum absolute atomic E-state index is 0.719. The fraction of sp³-hybridized carbons (Fsp3) is 0.800. The molecule has 3 atom stereocenters. The van der Waals surface area contributed by atoms with Crippen LogP contribution in [-0.4, -0.2) is 0 Å². The zero-order chi connectivity index (χ0) is 7.19. The zero-order valence-corrected chi connectivity index (χ0v) is 6.93. The van der Waals surface area contributed by atoms with Gasteiger partial charge in [0, 0.05) is 0 Å². The van der Waals surface area contributed by atoms with Gasteiger partial charge < -0.3 is 0 Å². The fourth-order valence-corrected chi connectivity index (χ4v) is 2.93. The van der Waals surface area contributed by atoms with Gasteiger partial charge in [-0.2, -0.15) is 0 Å². The highest BCUT2D eigenvalue weighted by Crippen LogP contribution is 2.63. The normalized spacial score (nSPS) is 51.8. The van der Waals surface area contributed by atoms with Gasteiger partial charge in [0.25, 0.3) is 0 Å².